The van der Waals surface area contributed by atoms with Gasteiger partial charge in [-0.15, -0.1) is 0 Å². The zero-order valence-corrected chi connectivity index (χ0v) is 22.0. The second-order valence-electron chi connectivity index (χ2n) is 8.48. The van der Waals surface area contributed by atoms with E-state index in [0.29, 0.717) is 5.56 Å². The van der Waals surface area contributed by atoms with Gasteiger partial charge in [-0.1, -0.05) is 55.1 Å². The SMILES string of the molecule is CCCSCCCNC(=O)c1ccc(CSc2nc3ccncc3n2Cc2ccccc2C)cc1. The molecule has 2 aromatic carbocycles. The lowest BCUT2D eigenvalue weighted by Crippen LogP contribution is -2.24. The molecule has 7 heteroatoms. The molecule has 0 aliphatic heterocycles. The molecule has 35 heavy (non-hydrogen) atoms. The minimum atomic E-state index is -0.00258. The average Bonchev–Trinajstić information content (AvgIpc) is 3.23. The van der Waals surface area contributed by atoms with E-state index in [-0.39, 0.29) is 5.91 Å². The van der Waals surface area contributed by atoms with Crippen molar-refractivity contribution in [3.63, 3.8) is 0 Å². The van der Waals surface area contributed by atoms with Crippen LogP contribution in [0.1, 0.15) is 46.8 Å². The maximum atomic E-state index is 12.4. The number of carbonyl (C=O) groups is 1. The highest BCUT2D eigenvalue weighted by Crippen LogP contribution is 2.28. The van der Waals surface area contributed by atoms with Crippen molar-refractivity contribution in [2.45, 2.75) is 44.1 Å². The van der Waals surface area contributed by atoms with E-state index in [1.54, 1.807) is 18.0 Å². The first-order chi connectivity index (χ1) is 17.2. The van der Waals surface area contributed by atoms with Crippen LogP contribution in [-0.2, 0) is 12.3 Å². The number of benzene rings is 2. The molecular weight excluding hydrogens is 472 g/mol. The average molecular weight is 505 g/mol. The van der Waals surface area contributed by atoms with Gasteiger partial charge in [0.2, 0.25) is 0 Å². The topological polar surface area (TPSA) is 59.8 Å². The van der Waals surface area contributed by atoms with Crippen molar-refractivity contribution in [3.05, 3.63) is 89.2 Å². The second-order valence-corrected chi connectivity index (χ2v) is 10.6. The Hall–Kier alpha value is -2.77. The molecule has 182 valence electrons. The zero-order valence-electron chi connectivity index (χ0n) is 20.4. The number of nitrogens with zero attached hydrogens (tertiary/aromatic N) is 3. The van der Waals surface area contributed by atoms with Gasteiger partial charge in [-0.05, 0) is 66.2 Å². The number of amides is 1. The number of pyridine rings is 1. The molecule has 4 aromatic rings. The molecule has 5 nitrogen and oxygen atoms in total. The molecule has 0 saturated carbocycles. The monoisotopic (exact) mass is 504 g/mol. The molecule has 2 aromatic heterocycles. The molecule has 0 saturated heterocycles. The van der Waals surface area contributed by atoms with E-state index in [1.165, 1.54) is 23.3 Å². The lowest BCUT2D eigenvalue weighted by Gasteiger charge is -2.11. The summed E-state index contributed by atoms with van der Waals surface area (Å²) in [6.07, 6.45) is 5.88. The Kier molecular flexibility index (Phi) is 9.26. The molecule has 0 aliphatic carbocycles. The summed E-state index contributed by atoms with van der Waals surface area (Å²) in [4.78, 5) is 21.6. The summed E-state index contributed by atoms with van der Waals surface area (Å²) in [5.74, 6) is 3.06. The third-order valence-corrected chi connectivity index (χ3v) is 8.11. The van der Waals surface area contributed by atoms with E-state index < -0.39 is 0 Å². The Morgan fingerprint density at radius 2 is 1.89 bits per heavy atom. The first-order valence-electron chi connectivity index (χ1n) is 12.1. The molecule has 2 heterocycles. The van der Waals surface area contributed by atoms with Crippen molar-refractivity contribution in [3.8, 4) is 0 Å². The van der Waals surface area contributed by atoms with Gasteiger partial charge in [0.05, 0.1) is 23.8 Å². The van der Waals surface area contributed by atoms with Gasteiger partial charge in [0.25, 0.3) is 5.91 Å². The van der Waals surface area contributed by atoms with E-state index in [0.717, 1.165) is 52.8 Å². The predicted octanol–water partition coefficient (Wildman–Crippen LogP) is 6.34. The molecule has 0 fully saturated rings. The van der Waals surface area contributed by atoms with Crippen LogP contribution in [-0.4, -0.2) is 38.5 Å². The minimum absolute atomic E-state index is 0.00258. The van der Waals surface area contributed by atoms with Crippen molar-refractivity contribution in [1.82, 2.24) is 19.9 Å². The fraction of sp³-hybridized carbons (Fsp3) is 0.321. The van der Waals surface area contributed by atoms with Crippen molar-refractivity contribution in [2.75, 3.05) is 18.1 Å². The second kappa shape index (κ2) is 12.8. The third-order valence-electron chi connectivity index (χ3n) is 5.79. The molecule has 1 amide bonds. The number of carbonyl (C=O) groups excluding carboxylic acids is 1. The van der Waals surface area contributed by atoms with Crippen LogP contribution < -0.4 is 5.32 Å². The minimum Gasteiger partial charge on any atom is -0.352 e. The maximum Gasteiger partial charge on any atom is 0.251 e. The van der Waals surface area contributed by atoms with Gasteiger partial charge in [-0.3, -0.25) is 9.78 Å². The van der Waals surface area contributed by atoms with Crippen molar-refractivity contribution in [2.24, 2.45) is 0 Å². The number of fused-ring (bicyclic) bond motifs is 1. The summed E-state index contributed by atoms with van der Waals surface area (Å²) in [6.45, 7) is 5.81. The van der Waals surface area contributed by atoms with Crippen LogP contribution in [0.2, 0.25) is 0 Å². The van der Waals surface area contributed by atoms with Crippen LogP contribution >= 0.6 is 23.5 Å². The van der Waals surface area contributed by atoms with E-state index in [1.807, 2.05) is 48.3 Å². The molecule has 1 N–H and O–H groups in total. The highest BCUT2D eigenvalue weighted by atomic mass is 32.2. The molecule has 0 bridgehead atoms. The third kappa shape index (κ3) is 6.89. The van der Waals surface area contributed by atoms with Crippen molar-refractivity contribution >= 4 is 40.5 Å². The van der Waals surface area contributed by atoms with Crippen LogP contribution in [0.25, 0.3) is 11.0 Å². The van der Waals surface area contributed by atoms with Crippen LogP contribution in [0.4, 0.5) is 0 Å². The first-order valence-corrected chi connectivity index (χ1v) is 14.2. The van der Waals surface area contributed by atoms with Crippen LogP contribution in [0, 0.1) is 6.92 Å². The summed E-state index contributed by atoms with van der Waals surface area (Å²) in [5.41, 5.74) is 6.40. The van der Waals surface area contributed by atoms with E-state index in [4.69, 9.17) is 4.98 Å². The van der Waals surface area contributed by atoms with Crippen LogP contribution in [0.5, 0.6) is 0 Å². The molecule has 4 rings (SSSR count). The molecule has 0 atom stereocenters. The number of aryl methyl sites for hydroxylation is 1. The standard InChI is InChI=1S/C28H32N4OS2/c1-3-16-34-17-6-14-30-27(33)23-11-9-22(10-12-23)20-35-28-31-25-13-15-29-18-26(25)32(28)19-24-8-5-4-7-21(24)2/h4-5,7-13,15,18H,3,6,14,16-17,19-20H2,1-2H3,(H,30,33). The highest BCUT2D eigenvalue weighted by molar-refractivity contribution is 7.99. The van der Waals surface area contributed by atoms with Crippen LogP contribution in [0.15, 0.2) is 72.1 Å². The maximum absolute atomic E-state index is 12.4. The Morgan fingerprint density at radius 3 is 2.69 bits per heavy atom. The van der Waals surface area contributed by atoms with Gasteiger partial charge >= 0.3 is 0 Å². The van der Waals surface area contributed by atoms with Gasteiger partial charge in [0, 0.05) is 24.1 Å². The molecule has 0 aliphatic rings. The van der Waals surface area contributed by atoms with Gasteiger partial charge < -0.3 is 9.88 Å². The predicted molar refractivity (Wildman–Crippen MR) is 148 cm³/mol. The van der Waals surface area contributed by atoms with Gasteiger partial charge in [-0.25, -0.2) is 4.98 Å². The Balaban J connectivity index is 1.39. The molecule has 0 spiro atoms. The fourth-order valence-electron chi connectivity index (χ4n) is 3.79. The highest BCUT2D eigenvalue weighted by Gasteiger charge is 2.13. The van der Waals surface area contributed by atoms with E-state index in [9.17, 15) is 4.79 Å². The number of hydrogen-bond donors (Lipinski definition) is 1. The molecule has 0 radical (unpaired) electrons. The largest absolute Gasteiger partial charge is 0.352 e. The van der Waals surface area contributed by atoms with Crippen molar-refractivity contribution < 1.29 is 4.79 Å². The van der Waals surface area contributed by atoms with Crippen LogP contribution in [0.3, 0.4) is 0 Å². The Labute approximate surface area is 216 Å². The summed E-state index contributed by atoms with van der Waals surface area (Å²) in [7, 11) is 0. The summed E-state index contributed by atoms with van der Waals surface area (Å²) in [6, 6.07) is 18.3. The fourth-order valence-corrected chi connectivity index (χ4v) is 5.60. The number of hydrogen-bond acceptors (Lipinski definition) is 5. The summed E-state index contributed by atoms with van der Waals surface area (Å²) >= 11 is 3.66. The smallest absolute Gasteiger partial charge is 0.251 e. The Bertz CT molecular complexity index is 1250. The van der Waals surface area contributed by atoms with Gasteiger partial charge in [0.15, 0.2) is 5.16 Å². The van der Waals surface area contributed by atoms with Gasteiger partial charge in [-0.2, -0.15) is 11.8 Å². The summed E-state index contributed by atoms with van der Waals surface area (Å²) in [5, 5.41) is 4.00. The number of aromatic nitrogens is 3. The lowest BCUT2D eigenvalue weighted by atomic mass is 10.1. The van der Waals surface area contributed by atoms with Crippen molar-refractivity contribution in [1.29, 1.82) is 0 Å². The van der Waals surface area contributed by atoms with Gasteiger partial charge in [0.1, 0.15) is 0 Å². The number of nitrogens with one attached hydrogen (secondary N) is 1. The van der Waals surface area contributed by atoms with E-state index >= 15 is 0 Å². The quantitative estimate of drug-likeness (QED) is 0.180. The number of imidazole rings is 1. The normalized spacial score (nSPS) is 11.1. The number of rotatable bonds is 12. The first kappa shape index (κ1) is 25.3. The molecular formula is C28H32N4OS2. The summed E-state index contributed by atoms with van der Waals surface area (Å²) < 4.78 is 2.25. The zero-order chi connectivity index (χ0) is 24.5. The number of thioether (sulfide) groups is 2. The van der Waals surface area contributed by atoms with E-state index in [2.05, 4.69) is 53.0 Å². The molecule has 0 unspecified atom stereocenters. The Morgan fingerprint density at radius 1 is 1.06 bits per heavy atom. The lowest BCUT2D eigenvalue weighted by molar-refractivity contribution is 0.0954.